The highest BCUT2D eigenvalue weighted by atomic mass is 16.5. The van der Waals surface area contributed by atoms with E-state index in [0.29, 0.717) is 17.7 Å². The van der Waals surface area contributed by atoms with E-state index in [-0.39, 0.29) is 6.61 Å². The summed E-state index contributed by atoms with van der Waals surface area (Å²) >= 11 is 0. The molecule has 0 saturated heterocycles. The molecule has 2 amide bonds. The molecular weight excluding hydrogens is 306 g/mol. The van der Waals surface area contributed by atoms with E-state index in [9.17, 15) is 9.90 Å². The van der Waals surface area contributed by atoms with Gasteiger partial charge in [0.05, 0.1) is 31.4 Å². The van der Waals surface area contributed by atoms with Gasteiger partial charge in [0.15, 0.2) is 0 Å². The Hall–Kier alpha value is -3.04. The number of carbonyl (C=O) groups is 1. The molecule has 24 heavy (non-hydrogen) atoms. The number of nitriles is 1. The zero-order chi connectivity index (χ0) is 17.4. The van der Waals surface area contributed by atoms with Crippen LogP contribution in [0.25, 0.3) is 0 Å². The quantitative estimate of drug-likeness (QED) is 0.759. The second-order valence-electron chi connectivity index (χ2n) is 5.22. The molecule has 1 unspecified atom stereocenters. The van der Waals surface area contributed by atoms with E-state index in [2.05, 4.69) is 10.6 Å². The van der Waals surface area contributed by atoms with Gasteiger partial charge in [0, 0.05) is 5.69 Å². The van der Waals surface area contributed by atoms with Crippen LogP contribution >= 0.6 is 0 Å². The Morgan fingerprint density at radius 2 is 1.88 bits per heavy atom. The van der Waals surface area contributed by atoms with Crippen molar-refractivity contribution in [3.8, 4) is 11.8 Å². The van der Waals surface area contributed by atoms with Crippen LogP contribution in [0.4, 0.5) is 10.5 Å². The van der Waals surface area contributed by atoms with Gasteiger partial charge in [0.1, 0.15) is 5.75 Å². The Bertz CT molecular complexity index is 706. The van der Waals surface area contributed by atoms with E-state index in [1.54, 1.807) is 31.4 Å². The van der Waals surface area contributed by atoms with E-state index >= 15 is 0 Å². The van der Waals surface area contributed by atoms with E-state index in [4.69, 9.17) is 10.00 Å². The molecule has 0 heterocycles. The molecule has 0 aromatic heterocycles. The van der Waals surface area contributed by atoms with Gasteiger partial charge in [-0.3, -0.25) is 0 Å². The first kappa shape index (κ1) is 17.3. The van der Waals surface area contributed by atoms with Crippen molar-refractivity contribution in [3.63, 3.8) is 0 Å². The smallest absolute Gasteiger partial charge is 0.319 e. The summed E-state index contributed by atoms with van der Waals surface area (Å²) in [4.78, 5) is 12.0. The summed E-state index contributed by atoms with van der Waals surface area (Å²) in [6, 6.07) is 15.2. The molecule has 0 fully saturated rings. The number of urea groups is 1. The molecule has 3 N–H and O–H groups in total. The Kier molecular flexibility index (Phi) is 6.17. The first-order valence-corrected chi connectivity index (χ1v) is 7.46. The highest BCUT2D eigenvalue weighted by Crippen LogP contribution is 2.13. The molecule has 6 heteroatoms. The summed E-state index contributed by atoms with van der Waals surface area (Å²) < 4.78 is 5.10. The average molecular weight is 325 g/mol. The highest BCUT2D eigenvalue weighted by molar-refractivity contribution is 5.89. The minimum absolute atomic E-state index is 0.174. The Morgan fingerprint density at radius 1 is 1.21 bits per heavy atom. The van der Waals surface area contributed by atoms with Crippen molar-refractivity contribution in [1.82, 2.24) is 5.32 Å². The van der Waals surface area contributed by atoms with E-state index in [0.717, 1.165) is 11.3 Å². The van der Waals surface area contributed by atoms with E-state index in [1.165, 1.54) is 0 Å². The van der Waals surface area contributed by atoms with Crippen LogP contribution in [0, 0.1) is 11.3 Å². The monoisotopic (exact) mass is 325 g/mol. The van der Waals surface area contributed by atoms with Crippen molar-refractivity contribution in [2.45, 2.75) is 12.5 Å². The largest absolute Gasteiger partial charge is 0.497 e. The molecule has 0 aliphatic carbocycles. The third-order valence-electron chi connectivity index (χ3n) is 3.47. The van der Waals surface area contributed by atoms with Crippen LogP contribution in [-0.2, 0) is 6.42 Å². The molecule has 0 aliphatic heterocycles. The number of carbonyl (C=O) groups excluding carboxylic acids is 1. The predicted molar refractivity (Wildman–Crippen MR) is 90.9 cm³/mol. The molecule has 2 rings (SSSR count). The number of aliphatic hydroxyl groups is 1. The lowest BCUT2D eigenvalue weighted by Gasteiger charge is -2.17. The maximum atomic E-state index is 12.0. The van der Waals surface area contributed by atoms with Crippen molar-refractivity contribution in [2.24, 2.45) is 0 Å². The lowest BCUT2D eigenvalue weighted by atomic mass is 10.1. The van der Waals surface area contributed by atoms with Gasteiger partial charge in [-0.25, -0.2) is 4.79 Å². The SMILES string of the molecule is COc1ccc(CC(CO)NC(=O)Nc2ccc(C#N)cc2)cc1. The Labute approximate surface area is 140 Å². The molecule has 0 aliphatic rings. The average Bonchev–Trinajstić information content (AvgIpc) is 2.62. The van der Waals surface area contributed by atoms with Crippen LogP contribution < -0.4 is 15.4 Å². The Morgan fingerprint density at radius 3 is 2.42 bits per heavy atom. The molecule has 0 spiro atoms. The summed E-state index contributed by atoms with van der Waals surface area (Å²) in [5, 5.41) is 23.6. The fourth-order valence-electron chi connectivity index (χ4n) is 2.19. The normalized spacial score (nSPS) is 11.2. The number of rotatable bonds is 6. The number of amides is 2. The second kappa shape index (κ2) is 8.56. The zero-order valence-electron chi connectivity index (χ0n) is 13.3. The van der Waals surface area contributed by atoms with Crippen LogP contribution in [0.1, 0.15) is 11.1 Å². The number of methoxy groups -OCH3 is 1. The van der Waals surface area contributed by atoms with Gasteiger partial charge in [-0.1, -0.05) is 12.1 Å². The summed E-state index contributed by atoms with van der Waals surface area (Å²) in [5.41, 5.74) is 2.08. The predicted octanol–water partition coefficient (Wildman–Crippen LogP) is 2.29. The van der Waals surface area contributed by atoms with Crippen molar-refractivity contribution in [1.29, 1.82) is 5.26 Å². The summed E-state index contributed by atoms with van der Waals surface area (Å²) in [6.45, 7) is -0.174. The van der Waals surface area contributed by atoms with Crippen LogP contribution in [0.2, 0.25) is 0 Å². The standard InChI is InChI=1S/C18H19N3O3/c1-24-17-8-4-13(5-9-17)10-16(12-22)21-18(23)20-15-6-2-14(11-19)3-7-15/h2-9,16,22H,10,12H2,1H3,(H2,20,21,23). The van der Waals surface area contributed by atoms with Crippen molar-refractivity contribution in [2.75, 3.05) is 19.0 Å². The number of benzene rings is 2. The van der Waals surface area contributed by atoms with Crippen molar-refractivity contribution >= 4 is 11.7 Å². The summed E-state index contributed by atoms with van der Waals surface area (Å²) in [5.74, 6) is 0.755. The number of ether oxygens (including phenoxy) is 1. The Balaban J connectivity index is 1.90. The number of nitrogens with one attached hydrogen (secondary N) is 2. The highest BCUT2D eigenvalue weighted by Gasteiger charge is 2.12. The first-order chi connectivity index (χ1) is 11.6. The zero-order valence-corrected chi connectivity index (χ0v) is 13.3. The fraction of sp³-hybridized carbons (Fsp3) is 0.222. The number of hydrogen-bond donors (Lipinski definition) is 3. The van der Waals surface area contributed by atoms with Crippen LogP contribution in [0.15, 0.2) is 48.5 Å². The topological polar surface area (TPSA) is 94.4 Å². The number of anilines is 1. The van der Waals surface area contributed by atoms with Gasteiger partial charge in [-0.2, -0.15) is 5.26 Å². The van der Waals surface area contributed by atoms with Crippen LogP contribution in [0.3, 0.4) is 0 Å². The summed E-state index contributed by atoms with van der Waals surface area (Å²) in [6.07, 6.45) is 0.501. The minimum Gasteiger partial charge on any atom is -0.497 e. The van der Waals surface area contributed by atoms with E-state index in [1.807, 2.05) is 30.3 Å². The first-order valence-electron chi connectivity index (χ1n) is 7.46. The maximum Gasteiger partial charge on any atom is 0.319 e. The van der Waals surface area contributed by atoms with Gasteiger partial charge < -0.3 is 20.5 Å². The third kappa shape index (κ3) is 5.00. The second-order valence-corrected chi connectivity index (χ2v) is 5.22. The fourth-order valence-corrected chi connectivity index (χ4v) is 2.19. The van der Waals surface area contributed by atoms with Crippen molar-refractivity contribution < 1.29 is 14.6 Å². The lowest BCUT2D eigenvalue weighted by Crippen LogP contribution is -2.41. The van der Waals surface area contributed by atoms with Gasteiger partial charge in [-0.15, -0.1) is 0 Å². The molecule has 124 valence electrons. The number of hydrogen-bond acceptors (Lipinski definition) is 4. The number of nitrogens with zero attached hydrogens (tertiary/aromatic N) is 1. The van der Waals surface area contributed by atoms with E-state index < -0.39 is 12.1 Å². The van der Waals surface area contributed by atoms with Crippen molar-refractivity contribution in [3.05, 3.63) is 59.7 Å². The van der Waals surface area contributed by atoms with Gasteiger partial charge in [0.25, 0.3) is 0 Å². The third-order valence-corrected chi connectivity index (χ3v) is 3.47. The maximum absolute atomic E-state index is 12.0. The summed E-state index contributed by atoms with van der Waals surface area (Å²) in [7, 11) is 1.60. The van der Waals surface area contributed by atoms with Crippen LogP contribution in [0.5, 0.6) is 5.75 Å². The van der Waals surface area contributed by atoms with Gasteiger partial charge in [-0.05, 0) is 48.4 Å². The molecular formula is C18H19N3O3. The lowest BCUT2D eigenvalue weighted by molar-refractivity contribution is 0.224. The number of aliphatic hydroxyl groups excluding tert-OH is 1. The molecule has 0 saturated carbocycles. The molecule has 2 aromatic rings. The molecule has 0 radical (unpaired) electrons. The molecule has 1 atom stereocenters. The molecule has 6 nitrogen and oxygen atoms in total. The van der Waals surface area contributed by atoms with Gasteiger partial charge >= 0.3 is 6.03 Å². The van der Waals surface area contributed by atoms with Gasteiger partial charge in [0.2, 0.25) is 0 Å². The minimum atomic E-state index is -0.410. The molecule has 2 aromatic carbocycles. The molecule has 0 bridgehead atoms. The van der Waals surface area contributed by atoms with Crippen LogP contribution in [-0.4, -0.2) is 30.9 Å².